The van der Waals surface area contributed by atoms with Gasteiger partial charge in [0.1, 0.15) is 12.4 Å². The number of hydrogen-bond acceptors (Lipinski definition) is 5. The Kier molecular flexibility index (Phi) is 6.49. The van der Waals surface area contributed by atoms with Crippen molar-refractivity contribution in [3.8, 4) is 5.95 Å². The summed E-state index contributed by atoms with van der Waals surface area (Å²) in [5, 5.41) is 3.14. The highest BCUT2D eigenvalue weighted by Crippen LogP contribution is 2.25. The molecule has 0 saturated carbocycles. The molecule has 30 heavy (non-hydrogen) atoms. The predicted octanol–water partition coefficient (Wildman–Crippen LogP) is 2.86. The molecule has 0 spiro atoms. The van der Waals surface area contributed by atoms with Crippen molar-refractivity contribution in [2.75, 3.05) is 19.6 Å². The molecule has 1 unspecified atom stereocenters. The van der Waals surface area contributed by atoms with Gasteiger partial charge >= 0.3 is 0 Å². The van der Waals surface area contributed by atoms with Gasteiger partial charge in [0, 0.05) is 24.6 Å². The molecule has 1 amide bonds. The van der Waals surface area contributed by atoms with E-state index in [4.69, 9.17) is 4.98 Å². The number of piperidine rings is 1. The van der Waals surface area contributed by atoms with Crippen LogP contribution in [0.5, 0.6) is 0 Å². The zero-order chi connectivity index (χ0) is 20.8. The predicted molar refractivity (Wildman–Crippen MR) is 115 cm³/mol. The Morgan fingerprint density at radius 2 is 1.93 bits per heavy atom. The fourth-order valence-corrected chi connectivity index (χ4v) is 3.94. The molecule has 1 saturated heterocycles. The molecule has 3 heterocycles. The van der Waals surface area contributed by atoms with Crippen LogP contribution in [0.15, 0.2) is 55.1 Å². The van der Waals surface area contributed by atoms with Gasteiger partial charge in [0.15, 0.2) is 0 Å². The maximum atomic E-state index is 13.3. The van der Waals surface area contributed by atoms with Crippen LogP contribution in [0, 0.1) is 6.92 Å². The van der Waals surface area contributed by atoms with E-state index in [1.807, 2.05) is 37.4 Å². The Bertz CT molecular complexity index is 951. The first-order chi connectivity index (χ1) is 14.7. The highest BCUT2D eigenvalue weighted by Gasteiger charge is 2.30. The fourth-order valence-electron chi connectivity index (χ4n) is 3.94. The Morgan fingerprint density at radius 3 is 2.67 bits per heavy atom. The molecule has 0 aliphatic carbocycles. The van der Waals surface area contributed by atoms with Gasteiger partial charge in [-0.3, -0.25) is 14.3 Å². The maximum absolute atomic E-state index is 13.3. The van der Waals surface area contributed by atoms with Crippen molar-refractivity contribution in [2.45, 2.75) is 38.6 Å². The summed E-state index contributed by atoms with van der Waals surface area (Å²) in [6.07, 6.45) is 9.41. The van der Waals surface area contributed by atoms with Crippen molar-refractivity contribution < 1.29 is 4.79 Å². The molecule has 7 heteroatoms. The zero-order valence-electron chi connectivity index (χ0n) is 17.4. The van der Waals surface area contributed by atoms with Crippen LogP contribution in [-0.4, -0.2) is 50.0 Å². The molecule has 4 rings (SSSR count). The van der Waals surface area contributed by atoms with E-state index in [1.165, 1.54) is 12.0 Å². The smallest absolute Gasteiger partial charge is 0.243 e. The van der Waals surface area contributed by atoms with Crippen molar-refractivity contribution in [3.63, 3.8) is 0 Å². The molecule has 1 fully saturated rings. The van der Waals surface area contributed by atoms with Gasteiger partial charge in [0.05, 0.1) is 5.69 Å². The van der Waals surface area contributed by atoms with E-state index in [0.717, 1.165) is 43.7 Å². The second kappa shape index (κ2) is 9.63. The lowest BCUT2D eigenvalue weighted by Gasteiger charge is -2.33. The lowest BCUT2D eigenvalue weighted by molar-refractivity contribution is -0.127. The van der Waals surface area contributed by atoms with Gasteiger partial charge in [-0.15, -0.1) is 0 Å². The molecule has 1 aliphatic rings. The highest BCUT2D eigenvalue weighted by molar-refractivity contribution is 5.82. The Labute approximate surface area is 177 Å². The summed E-state index contributed by atoms with van der Waals surface area (Å²) in [6, 6.07) is 11.7. The minimum atomic E-state index is -0.412. The van der Waals surface area contributed by atoms with E-state index in [-0.39, 0.29) is 5.91 Å². The largest absolute Gasteiger partial charge is 0.354 e. The first-order valence-electron chi connectivity index (χ1n) is 10.6. The summed E-state index contributed by atoms with van der Waals surface area (Å²) in [4.78, 5) is 28.9. The van der Waals surface area contributed by atoms with Crippen molar-refractivity contribution in [1.29, 1.82) is 0 Å². The average molecular weight is 405 g/mol. The molecule has 1 aromatic carbocycles. The van der Waals surface area contributed by atoms with Crippen LogP contribution in [0.3, 0.4) is 0 Å². The molecule has 7 nitrogen and oxygen atoms in total. The van der Waals surface area contributed by atoms with E-state index in [9.17, 15) is 4.79 Å². The van der Waals surface area contributed by atoms with Gasteiger partial charge < -0.3 is 5.32 Å². The summed E-state index contributed by atoms with van der Waals surface area (Å²) < 4.78 is 1.77. The maximum Gasteiger partial charge on any atom is 0.243 e. The van der Waals surface area contributed by atoms with Crippen LogP contribution < -0.4 is 5.32 Å². The summed E-state index contributed by atoms with van der Waals surface area (Å²) >= 11 is 0. The summed E-state index contributed by atoms with van der Waals surface area (Å²) in [5.41, 5.74) is 2.79. The number of likely N-dealkylation sites (tertiary alicyclic amines) is 1. The number of aromatic nitrogens is 4. The van der Waals surface area contributed by atoms with Crippen LogP contribution in [-0.2, 0) is 11.2 Å². The number of carbonyl (C=O) groups is 1. The molecule has 1 N–H and O–H groups in total. The molecule has 1 aliphatic heterocycles. The molecular formula is C23H28N6O. The molecule has 3 aromatic rings. The summed E-state index contributed by atoms with van der Waals surface area (Å²) in [7, 11) is 0. The molecule has 1 atom stereocenters. The standard InChI is InChI=1S/C23H28N6O/c1-18-16-20(27-23(26-18)29-15-12-24-17-29)21(28-13-6-3-7-14-28)22(30)25-11-10-19-8-4-2-5-9-19/h2,4-5,8-9,12,15-17,21H,3,6-7,10-11,13-14H2,1H3,(H,25,30). The van der Waals surface area contributed by atoms with Crippen LogP contribution in [0.4, 0.5) is 0 Å². The Hall–Kier alpha value is -3.06. The van der Waals surface area contributed by atoms with Gasteiger partial charge in [-0.1, -0.05) is 36.8 Å². The topological polar surface area (TPSA) is 75.9 Å². The van der Waals surface area contributed by atoms with Gasteiger partial charge in [-0.05, 0) is 50.9 Å². The van der Waals surface area contributed by atoms with Gasteiger partial charge in [-0.2, -0.15) is 0 Å². The normalized spacial score (nSPS) is 15.6. The van der Waals surface area contributed by atoms with E-state index in [0.29, 0.717) is 12.5 Å². The number of rotatable bonds is 7. The number of carbonyl (C=O) groups excluding carboxylic acids is 1. The van der Waals surface area contributed by atoms with Crippen LogP contribution in [0.1, 0.15) is 42.3 Å². The zero-order valence-corrected chi connectivity index (χ0v) is 17.4. The minimum Gasteiger partial charge on any atom is -0.354 e. The van der Waals surface area contributed by atoms with Crippen molar-refractivity contribution in [2.24, 2.45) is 0 Å². The summed E-state index contributed by atoms with van der Waals surface area (Å²) in [6.45, 7) is 4.35. The molecule has 156 valence electrons. The van der Waals surface area contributed by atoms with E-state index in [1.54, 1.807) is 17.1 Å². The SMILES string of the molecule is Cc1cc(C(C(=O)NCCc2ccccc2)N2CCCCC2)nc(-n2ccnc2)n1. The molecular weight excluding hydrogens is 376 g/mol. The average Bonchev–Trinajstić information content (AvgIpc) is 3.30. The van der Waals surface area contributed by atoms with Crippen molar-refractivity contribution in [3.05, 3.63) is 72.1 Å². The third-order valence-electron chi connectivity index (χ3n) is 5.44. The van der Waals surface area contributed by atoms with Crippen molar-refractivity contribution in [1.82, 2.24) is 29.7 Å². The number of aryl methyl sites for hydroxylation is 1. The Balaban J connectivity index is 1.56. The third-order valence-corrected chi connectivity index (χ3v) is 5.44. The van der Waals surface area contributed by atoms with Gasteiger partial charge in [0.25, 0.3) is 0 Å². The number of amides is 1. The first-order valence-corrected chi connectivity index (χ1v) is 10.6. The number of nitrogens with zero attached hydrogens (tertiary/aromatic N) is 5. The number of imidazole rings is 1. The number of hydrogen-bond donors (Lipinski definition) is 1. The van der Waals surface area contributed by atoms with E-state index in [2.05, 4.69) is 32.3 Å². The van der Waals surface area contributed by atoms with Crippen LogP contribution in [0.25, 0.3) is 5.95 Å². The summed E-state index contributed by atoms with van der Waals surface area (Å²) in [5.74, 6) is 0.545. The quantitative estimate of drug-likeness (QED) is 0.655. The van der Waals surface area contributed by atoms with Gasteiger partial charge in [-0.25, -0.2) is 15.0 Å². The van der Waals surface area contributed by atoms with Crippen molar-refractivity contribution >= 4 is 5.91 Å². The first kappa shape index (κ1) is 20.2. The van der Waals surface area contributed by atoms with E-state index >= 15 is 0 Å². The van der Waals surface area contributed by atoms with Gasteiger partial charge in [0.2, 0.25) is 11.9 Å². The second-order valence-electron chi connectivity index (χ2n) is 7.73. The minimum absolute atomic E-state index is 0.00233. The molecule has 0 bridgehead atoms. The van der Waals surface area contributed by atoms with Crippen LogP contribution >= 0.6 is 0 Å². The lowest BCUT2D eigenvalue weighted by Crippen LogP contribution is -2.44. The fraction of sp³-hybridized carbons (Fsp3) is 0.391. The number of benzene rings is 1. The highest BCUT2D eigenvalue weighted by atomic mass is 16.2. The number of nitrogens with one attached hydrogen (secondary N) is 1. The third kappa shape index (κ3) is 4.91. The lowest BCUT2D eigenvalue weighted by atomic mass is 10.0. The Morgan fingerprint density at radius 1 is 1.13 bits per heavy atom. The van der Waals surface area contributed by atoms with E-state index < -0.39 is 6.04 Å². The molecule has 2 aromatic heterocycles. The molecule has 0 radical (unpaired) electrons. The monoisotopic (exact) mass is 404 g/mol. The van der Waals surface area contributed by atoms with Crippen LogP contribution in [0.2, 0.25) is 0 Å². The second-order valence-corrected chi connectivity index (χ2v) is 7.73.